The van der Waals surface area contributed by atoms with E-state index in [1.54, 1.807) is 11.4 Å². The van der Waals surface area contributed by atoms with Crippen molar-refractivity contribution in [2.75, 3.05) is 31.6 Å². The number of thiophene rings is 1. The largest absolute Gasteiger partial charge is 0.490 e. The number of benzene rings is 1. The molecule has 2 aliphatic rings. The number of hydrogen-bond donors (Lipinski definition) is 2. The number of amides is 2. The lowest BCUT2D eigenvalue weighted by molar-refractivity contribution is -0.117. The van der Waals surface area contributed by atoms with E-state index in [1.807, 2.05) is 12.1 Å². The Kier molecular flexibility index (Phi) is 5.50. The van der Waals surface area contributed by atoms with Crippen LogP contribution in [0.4, 0.5) is 5.00 Å². The van der Waals surface area contributed by atoms with Crippen LogP contribution < -0.4 is 20.5 Å². The van der Waals surface area contributed by atoms with Crippen molar-refractivity contribution in [3.8, 4) is 11.5 Å². The molecule has 2 aliphatic heterocycles. The number of anilines is 1. The van der Waals surface area contributed by atoms with Crippen molar-refractivity contribution >= 4 is 28.2 Å². The Bertz CT molecular complexity index is 882. The number of likely N-dealkylation sites (tertiary alicyclic amines) is 1. The molecule has 28 heavy (non-hydrogen) atoms. The first-order chi connectivity index (χ1) is 13.6. The zero-order valence-electron chi connectivity index (χ0n) is 15.5. The molecule has 1 saturated heterocycles. The van der Waals surface area contributed by atoms with Gasteiger partial charge in [0.1, 0.15) is 5.00 Å². The molecule has 8 heteroatoms. The van der Waals surface area contributed by atoms with Gasteiger partial charge < -0.3 is 20.5 Å². The van der Waals surface area contributed by atoms with E-state index in [0.29, 0.717) is 23.8 Å². The lowest BCUT2D eigenvalue weighted by Crippen LogP contribution is -2.33. The number of nitrogens with zero attached hydrogens (tertiary/aromatic N) is 1. The second kappa shape index (κ2) is 8.20. The van der Waals surface area contributed by atoms with Crippen LogP contribution >= 0.6 is 11.3 Å². The number of carbonyl (C=O) groups is 2. The molecule has 0 radical (unpaired) electrons. The van der Waals surface area contributed by atoms with Gasteiger partial charge in [-0.3, -0.25) is 14.5 Å². The van der Waals surface area contributed by atoms with Crippen LogP contribution in [0.3, 0.4) is 0 Å². The minimum Gasteiger partial charge on any atom is -0.490 e. The molecular formula is C20H23N3O4S. The van der Waals surface area contributed by atoms with Crippen molar-refractivity contribution in [3.05, 3.63) is 40.8 Å². The molecule has 1 aromatic carbocycles. The molecule has 2 amide bonds. The zero-order valence-corrected chi connectivity index (χ0v) is 16.3. The number of carbonyl (C=O) groups excluding carboxylic acids is 2. The van der Waals surface area contributed by atoms with Gasteiger partial charge in [0.15, 0.2) is 11.5 Å². The molecule has 2 aromatic rings. The number of rotatable bonds is 5. The number of ether oxygens (including phenoxy) is 2. The van der Waals surface area contributed by atoms with Gasteiger partial charge in [-0.25, -0.2) is 0 Å². The van der Waals surface area contributed by atoms with E-state index in [9.17, 15) is 9.59 Å². The zero-order chi connectivity index (χ0) is 19.5. The third-order valence-electron chi connectivity index (χ3n) is 5.05. The Labute approximate surface area is 167 Å². The molecule has 0 bridgehead atoms. The van der Waals surface area contributed by atoms with Gasteiger partial charge >= 0.3 is 0 Å². The fraction of sp³-hybridized carbons (Fsp3) is 0.400. The van der Waals surface area contributed by atoms with E-state index in [-0.39, 0.29) is 18.5 Å². The van der Waals surface area contributed by atoms with E-state index in [0.717, 1.165) is 42.9 Å². The van der Waals surface area contributed by atoms with Crippen LogP contribution in [-0.4, -0.2) is 43.0 Å². The molecule has 7 nitrogen and oxygen atoms in total. The summed E-state index contributed by atoms with van der Waals surface area (Å²) in [7, 11) is 0. The van der Waals surface area contributed by atoms with Gasteiger partial charge in [0, 0.05) is 12.5 Å². The van der Waals surface area contributed by atoms with Crippen LogP contribution in [0.5, 0.6) is 11.5 Å². The first-order valence-corrected chi connectivity index (χ1v) is 10.3. The highest BCUT2D eigenvalue weighted by atomic mass is 32.1. The fourth-order valence-corrected chi connectivity index (χ4v) is 4.54. The lowest BCUT2D eigenvalue weighted by atomic mass is 10.0. The molecule has 1 fully saturated rings. The van der Waals surface area contributed by atoms with Crippen LogP contribution in [0.1, 0.15) is 41.2 Å². The van der Waals surface area contributed by atoms with Gasteiger partial charge in [0.25, 0.3) is 5.91 Å². The Morgan fingerprint density at radius 2 is 2.00 bits per heavy atom. The van der Waals surface area contributed by atoms with Crippen LogP contribution in [0.2, 0.25) is 0 Å². The summed E-state index contributed by atoms with van der Waals surface area (Å²) in [5.74, 6) is 0.866. The molecule has 1 aromatic heterocycles. The van der Waals surface area contributed by atoms with E-state index in [4.69, 9.17) is 15.2 Å². The second-order valence-corrected chi connectivity index (χ2v) is 7.88. The van der Waals surface area contributed by atoms with Gasteiger partial charge in [-0.15, -0.1) is 11.3 Å². The predicted molar refractivity (Wildman–Crippen MR) is 107 cm³/mol. The van der Waals surface area contributed by atoms with E-state index in [2.05, 4.69) is 16.3 Å². The molecule has 0 unspecified atom stereocenters. The molecular weight excluding hydrogens is 378 g/mol. The molecule has 4 rings (SSSR count). The van der Waals surface area contributed by atoms with Gasteiger partial charge in [-0.1, -0.05) is 6.07 Å². The molecule has 1 atom stereocenters. The Morgan fingerprint density at radius 3 is 2.82 bits per heavy atom. The Balaban J connectivity index is 1.45. The van der Waals surface area contributed by atoms with Crippen LogP contribution in [0.25, 0.3) is 0 Å². The van der Waals surface area contributed by atoms with E-state index < -0.39 is 5.91 Å². The standard InChI is InChI=1S/C20H23N3O4S/c21-19(25)14-6-10-28-20(14)22-18(24)12-23-7-1-3-15(23)13-4-5-16-17(11-13)27-9-2-8-26-16/h4-6,10-11,15H,1-3,7-9,12H2,(H2,21,25)(H,22,24)/t15-/m1/s1. The van der Waals surface area contributed by atoms with Crippen LogP contribution in [0, 0.1) is 0 Å². The SMILES string of the molecule is NC(=O)c1ccsc1NC(=O)CN1CCC[C@@H]1c1ccc2c(c1)OCCCO2. The summed E-state index contributed by atoms with van der Waals surface area (Å²) in [6, 6.07) is 7.82. The molecule has 0 saturated carbocycles. The maximum atomic E-state index is 12.6. The summed E-state index contributed by atoms with van der Waals surface area (Å²) in [6.07, 6.45) is 2.88. The van der Waals surface area contributed by atoms with Crippen molar-refractivity contribution in [3.63, 3.8) is 0 Å². The number of primary amides is 1. The minimum atomic E-state index is -0.539. The van der Waals surface area contributed by atoms with Gasteiger partial charge in [0.05, 0.1) is 25.3 Å². The highest BCUT2D eigenvalue weighted by molar-refractivity contribution is 7.14. The Hall–Kier alpha value is -2.58. The van der Waals surface area contributed by atoms with Crippen molar-refractivity contribution < 1.29 is 19.1 Å². The van der Waals surface area contributed by atoms with Gasteiger partial charge in [-0.05, 0) is 48.5 Å². The maximum Gasteiger partial charge on any atom is 0.251 e. The Morgan fingerprint density at radius 1 is 1.18 bits per heavy atom. The maximum absolute atomic E-state index is 12.6. The topological polar surface area (TPSA) is 93.9 Å². The number of hydrogen-bond acceptors (Lipinski definition) is 6. The summed E-state index contributed by atoms with van der Waals surface area (Å²) < 4.78 is 11.5. The highest BCUT2D eigenvalue weighted by Gasteiger charge is 2.29. The number of nitrogens with two attached hydrogens (primary N) is 1. The first kappa shape index (κ1) is 18.8. The summed E-state index contributed by atoms with van der Waals surface area (Å²) >= 11 is 1.30. The van der Waals surface area contributed by atoms with Crippen molar-refractivity contribution in [1.29, 1.82) is 0 Å². The monoisotopic (exact) mass is 401 g/mol. The van der Waals surface area contributed by atoms with Crippen molar-refractivity contribution in [1.82, 2.24) is 4.90 Å². The predicted octanol–water partition coefficient (Wildman–Crippen LogP) is 2.78. The molecule has 148 valence electrons. The smallest absolute Gasteiger partial charge is 0.251 e. The molecule has 3 heterocycles. The van der Waals surface area contributed by atoms with Gasteiger partial charge in [0.2, 0.25) is 5.91 Å². The van der Waals surface area contributed by atoms with E-state index in [1.165, 1.54) is 11.3 Å². The number of fused-ring (bicyclic) bond motifs is 1. The first-order valence-electron chi connectivity index (χ1n) is 9.42. The summed E-state index contributed by atoms with van der Waals surface area (Å²) in [4.78, 5) is 26.1. The summed E-state index contributed by atoms with van der Waals surface area (Å²) in [5, 5.41) is 5.07. The normalized spacial score (nSPS) is 19.2. The van der Waals surface area contributed by atoms with E-state index >= 15 is 0 Å². The second-order valence-electron chi connectivity index (χ2n) is 6.96. The fourth-order valence-electron chi connectivity index (χ4n) is 3.73. The van der Waals surface area contributed by atoms with Crippen molar-refractivity contribution in [2.24, 2.45) is 5.73 Å². The minimum absolute atomic E-state index is 0.147. The van der Waals surface area contributed by atoms with Crippen LogP contribution in [-0.2, 0) is 4.79 Å². The van der Waals surface area contributed by atoms with Crippen LogP contribution in [0.15, 0.2) is 29.6 Å². The highest BCUT2D eigenvalue weighted by Crippen LogP contribution is 2.37. The lowest BCUT2D eigenvalue weighted by Gasteiger charge is -2.24. The third-order valence-corrected chi connectivity index (χ3v) is 5.88. The molecule has 0 aliphatic carbocycles. The summed E-state index contributed by atoms with van der Waals surface area (Å²) in [6.45, 7) is 2.42. The third kappa shape index (κ3) is 3.98. The molecule has 3 N–H and O–H groups in total. The van der Waals surface area contributed by atoms with Gasteiger partial charge in [-0.2, -0.15) is 0 Å². The average Bonchev–Trinajstić information content (AvgIpc) is 3.25. The average molecular weight is 401 g/mol. The summed E-state index contributed by atoms with van der Waals surface area (Å²) in [5.41, 5.74) is 6.82. The quantitative estimate of drug-likeness (QED) is 0.804. The molecule has 0 spiro atoms. The van der Waals surface area contributed by atoms with Crippen molar-refractivity contribution in [2.45, 2.75) is 25.3 Å². The number of nitrogens with one attached hydrogen (secondary N) is 1.